The fourth-order valence-corrected chi connectivity index (χ4v) is 10.7. The molecule has 0 spiro atoms. The Morgan fingerprint density at radius 2 is 1.62 bits per heavy atom. The summed E-state index contributed by atoms with van der Waals surface area (Å²) in [7, 11) is 0. The first-order valence-corrected chi connectivity index (χ1v) is 14.4. The quantitative estimate of drug-likeness (QED) is 0.427. The number of hydrogen-bond acceptors (Lipinski definition) is 2. The van der Waals surface area contributed by atoms with E-state index in [-0.39, 0.29) is 5.41 Å². The molecule has 5 aliphatic rings. The zero-order chi connectivity index (χ0) is 24.7. The predicted octanol–water partition coefficient (Wildman–Crippen LogP) is 7.89. The molecule has 3 heteroatoms. The molecule has 0 amide bonds. The van der Waals surface area contributed by atoms with Crippen LogP contribution in [0.2, 0.25) is 0 Å². The van der Waals surface area contributed by atoms with Gasteiger partial charge in [0, 0.05) is 6.61 Å². The second kappa shape index (κ2) is 7.83. The lowest BCUT2D eigenvalue weighted by Crippen LogP contribution is -2.62. The van der Waals surface area contributed by atoms with Crippen molar-refractivity contribution in [1.82, 2.24) is 0 Å². The van der Waals surface area contributed by atoms with Gasteiger partial charge in [0.2, 0.25) is 0 Å². The number of carboxylic acids is 1. The number of carbonyl (C=O) groups is 1. The van der Waals surface area contributed by atoms with Crippen LogP contribution >= 0.6 is 0 Å². The average Bonchev–Trinajstić information content (AvgIpc) is 2.76. The van der Waals surface area contributed by atoms with Gasteiger partial charge in [-0.05, 0) is 123 Å². The van der Waals surface area contributed by atoms with Gasteiger partial charge in [0.1, 0.15) is 0 Å². The first-order chi connectivity index (χ1) is 15.8. The van der Waals surface area contributed by atoms with Gasteiger partial charge in [-0.25, -0.2) is 0 Å². The highest BCUT2D eigenvalue weighted by Crippen LogP contribution is 2.72. The van der Waals surface area contributed by atoms with Gasteiger partial charge < -0.3 is 9.84 Å². The summed E-state index contributed by atoms with van der Waals surface area (Å²) in [5.74, 6) is 1.96. The Bertz CT molecular complexity index is 874. The average molecular weight is 471 g/mol. The maximum Gasteiger partial charge on any atom is 0.309 e. The Hall–Kier alpha value is -0.830. The third-order valence-corrected chi connectivity index (χ3v) is 12.9. The van der Waals surface area contributed by atoms with E-state index in [0.29, 0.717) is 34.2 Å². The summed E-state index contributed by atoms with van der Waals surface area (Å²) in [4.78, 5) is 12.2. The summed E-state index contributed by atoms with van der Waals surface area (Å²) in [6.45, 7) is 17.7. The number of ether oxygens (including phenoxy) is 1. The standard InChI is InChI=1S/C31H50O3/c1-8-34-25-13-16-31(7)23(27(25,2)3)12-15-30(6)21-11-14-28(4)17-18-29(5,26(32)33)19-22(28)20(21)9-10-24(30)31/h9,21-25H,8,10-19H2,1-7H3,(H,32,33)/t21?,22-,23?,24?,25-,28-,29-,30-,31-/m0/s1. The fourth-order valence-electron chi connectivity index (χ4n) is 10.7. The number of hydrogen-bond donors (Lipinski definition) is 1. The van der Waals surface area contributed by atoms with Crippen molar-refractivity contribution in [1.29, 1.82) is 0 Å². The fraction of sp³-hybridized carbons (Fsp3) is 0.903. The highest BCUT2D eigenvalue weighted by atomic mass is 16.5. The molecule has 3 unspecified atom stereocenters. The first kappa shape index (κ1) is 24.8. The van der Waals surface area contributed by atoms with Crippen LogP contribution in [-0.2, 0) is 9.53 Å². The Morgan fingerprint density at radius 1 is 0.912 bits per heavy atom. The molecule has 0 aromatic carbocycles. The molecule has 5 aliphatic carbocycles. The van der Waals surface area contributed by atoms with Crippen LogP contribution in [0.1, 0.15) is 113 Å². The molecule has 4 saturated carbocycles. The van der Waals surface area contributed by atoms with Gasteiger partial charge >= 0.3 is 5.97 Å². The van der Waals surface area contributed by atoms with Crippen LogP contribution in [0.5, 0.6) is 0 Å². The van der Waals surface area contributed by atoms with Gasteiger partial charge in [-0.1, -0.05) is 46.3 Å². The Labute approximate surface area is 208 Å². The van der Waals surface area contributed by atoms with Gasteiger partial charge in [0.25, 0.3) is 0 Å². The molecule has 1 N–H and O–H groups in total. The minimum atomic E-state index is -0.585. The Balaban J connectivity index is 1.49. The number of carboxylic acid groups (broad SMARTS) is 1. The van der Waals surface area contributed by atoms with Crippen molar-refractivity contribution in [2.45, 2.75) is 119 Å². The molecule has 0 aliphatic heterocycles. The van der Waals surface area contributed by atoms with Crippen LogP contribution in [0, 0.1) is 50.7 Å². The van der Waals surface area contributed by atoms with E-state index in [9.17, 15) is 9.90 Å². The summed E-state index contributed by atoms with van der Waals surface area (Å²) < 4.78 is 6.29. The molecule has 0 saturated heterocycles. The molecule has 4 fully saturated rings. The Morgan fingerprint density at radius 3 is 2.29 bits per heavy atom. The van der Waals surface area contributed by atoms with Crippen LogP contribution < -0.4 is 0 Å². The summed E-state index contributed by atoms with van der Waals surface area (Å²) in [6.07, 6.45) is 14.7. The zero-order valence-corrected chi connectivity index (χ0v) is 23.0. The van der Waals surface area contributed by atoms with E-state index in [1.54, 1.807) is 5.57 Å². The van der Waals surface area contributed by atoms with Crippen LogP contribution in [0.3, 0.4) is 0 Å². The molecule has 0 aromatic rings. The van der Waals surface area contributed by atoms with Crippen molar-refractivity contribution >= 4 is 5.97 Å². The maximum absolute atomic E-state index is 12.2. The van der Waals surface area contributed by atoms with Crippen molar-refractivity contribution in [2.75, 3.05) is 6.61 Å². The lowest BCUT2D eigenvalue weighted by molar-refractivity contribution is -0.196. The molecule has 34 heavy (non-hydrogen) atoms. The monoisotopic (exact) mass is 470 g/mol. The lowest BCUT2D eigenvalue weighted by atomic mass is 9.37. The summed E-state index contributed by atoms with van der Waals surface area (Å²) in [5, 5.41) is 10.0. The van der Waals surface area contributed by atoms with Crippen molar-refractivity contribution in [3.63, 3.8) is 0 Å². The normalized spacial score (nSPS) is 51.9. The van der Waals surface area contributed by atoms with Crippen LogP contribution in [0.4, 0.5) is 0 Å². The van der Waals surface area contributed by atoms with Crippen molar-refractivity contribution < 1.29 is 14.6 Å². The number of rotatable bonds is 3. The van der Waals surface area contributed by atoms with Crippen LogP contribution in [-0.4, -0.2) is 23.8 Å². The number of fused-ring (bicyclic) bond motifs is 7. The maximum atomic E-state index is 12.2. The Kier molecular flexibility index (Phi) is 5.72. The minimum Gasteiger partial charge on any atom is -0.481 e. The van der Waals surface area contributed by atoms with E-state index >= 15 is 0 Å². The van der Waals surface area contributed by atoms with Crippen LogP contribution in [0.15, 0.2) is 11.6 Å². The molecule has 0 aromatic heterocycles. The highest BCUT2D eigenvalue weighted by molar-refractivity contribution is 5.74. The molecule has 0 radical (unpaired) electrons. The van der Waals surface area contributed by atoms with Gasteiger partial charge in [-0.15, -0.1) is 0 Å². The van der Waals surface area contributed by atoms with E-state index < -0.39 is 11.4 Å². The molecule has 5 rings (SSSR count). The van der Waals surface area contributed by atoms with E-state index in [1.165, 1.54) is 44.9 Å². The van der Waals surface area contributed by atoms with E-state index in [1.807, 2.05) is 6.92 Å². The topological polar surface area (TPSA) is 46.5 Å². The van der Waals surface area contributed by atoms with Gasteiger partial charge in [0.15, 0.2) is 0 Å². The van der Waals surface area contributed by atoms with Crippen molar-refractivity contribution in [3.05, 3.63) is 11.6 Å². The van der Waals surface area contributed by atoms with Crippen molar-refractivity contribution in [2.24, 2.45) is 50.7 Å². The van der Waals surface area contributed by atoms with Crippen LogP contribution in [0.25, 0.3) is 0 Å². The zero-order valence-electron chi connectivity index (χ0n) is 23.0. The summed E-state index contributed by atoms with van der Waals surface area (Å²) in [5.41, 5.74) is 2.35. The third kappa shape index (κ3) is 3.27. The predicted molar refractivity (Wildman–Crippen MR) is 137 cm³/mol. The molecule has 192 valence electrons. The number of aliphatic carboxylic acids is 1. The molecule has 9 atom stereocenters. The van der Waals surface area contributed by atoms with E-state index in [4.69, 9.17) is 4.74 Å². The summed E-state index contributed by atoms with van der Waals surface area (Å²) >= 11 is 0. The molecule has 3 nitrogen and oxygen atoms in total. The van der Waals surface area contributed by atoms with Gasteiger partial charge in [0.05, 0.1) is 11.5 Å². The molecular weight excluding hydrogens is 420 g/mol. The van der Waals surface area contributed by atoms with E-state index in [0.717, 1.165) is 37.7 Å². The van der Waals surface area contributed by atoms with Gasteiger partial charge in [-0.3, -0.25) is 4.79 Å². The van der Waals surface area contributed by atoms with E-state index in [2.05, 4.69) is 47.6 Å². The summed E-state index contributed by atoms with van der Waals surface area (Å²) in [6, 6.07) is 0. The second-order valence-electron chi connectivity index (χ2n) is 14.8. The third-order valence-electron chi connectivity index (χ3n) is 12.9. The molecular formula is C31H50O3. The smallest absolute Gasteiger partial charge is 0.309 e. The minimum absolute atomic E-state index is 0.228. The largest absolute Gasteiger partial charge is 0.481 e. The lowest BCUT2D eigenvalue weighted by Gasteiger charge is -2.68. The first-order valence-electron chi connectivity index (χ1n) is 14.4. The molecule has 0 heterocycles. The molecule has 0 bridgehead atoms. The highest BCUT2D eigenvalue weighted by Gasteiger charge is 2.65. The number of allylic oxidation sites excluding steroid dienone is 2. The second-order valence-corrected chi connectivity index (χ2v) is 14.8. The van der Waals surface area contributed by atoms with Crippen molar-refractivity contribution in [3.8, 4) is 0 Å². The SMILES string of the molecule is CCO[C@H]1CC[C@@]2(C)C(CC[C@@]3(C)C4CC[C@@]5(C)CC[C@](C)(C(=O)O)C[C@H]5C4=CCC32)C1(C)C. The van der Waals surface area contributed by atoms with Gasteiger partial charge in [-0.2, -0.15) is 0 Å².